The van der Waals surface area contributed by atoms with Crippen LogP contribution < -0.4 is 5.73 Å². The van der Waals surface area contributed by atoms with E-state index in [1.54, 1.807) is 7.11 Å². The van der Waals surface area contributed by atoms with E-state index in [0.29, 0.717) is 12.5 Å². The van der Waals surface area contributed by atoms with E-state index in [1.165, 1.54) is 11.1 Å². The van der Waals surface area contributed by atoms with Gasteiger partial charge in [-0.25, -0.2) is 0 Å². The molecule has 0 aliphatic rings. The highest BCUT2D eigenvalue weighted by molar-refractivity contribution is 5.17. The van der Waals surface area contributed by atoms with Gasteiger partial charge >= 0.3 is 0 Å². The van der Waals surface area contributed by atoms with Gasteiger partial charge < -0.3 is 10.5 Å². The van der Waals surface area contributed by atoms with Gasteiger partial charge in [0.05, 0.1) is 6.61 Å². The molecule has 0 aliphatic carbocycles. The van der Waals surface area contributed by atoms with Crippen molar-refractivity contribution in [3.8, 4) is 0 Å². The van der Waals surface area contributed by atoms with Gasteiger partial charge in [0.1, 0.15) is 0 Å². The van der Waals surface area contributed by atoms with Crippen molar-refractivity contribution in [3.63, 3.8) is 0 Å². The summed E-state index contributed by atoms with van der Waals surface area (Å²) in [6.45, 7) is 5.35. The Morgan fingerprint density at radius 3 is 1.78 bits per heavy atom. The Labute approximate surface area is 140 Å². The second-order valence-electron chi connectivity index (χ2n) is 6.11. The van der Waals surface area contributed by atoms with Gasteiger partial charge in [-0.05, 0) is 17.0 Å². The first-order chi connectivity index (χ1) is 11.2. The summed E-state index contributed by atoms with van der Waals surface area (Å²) < 4.78 is 5.35. The average molecular weight is 312 g/mol. The molecule has 2 unspecified atom stereocenters. The first kappa shape index (κ1) is 17.7. The van der Waals surface area contributed by atoms with Crippen molar-refractivity contribution >= 4 is 0 Å². The molecule has 0 amide bonds. The molecule has 2 rings (SSSR count). The third-order valence-electron chi connectivity index (χ3n) is 4.25. The molecular formula is C20H28N2O. The van der Waals surface area contributed by atoms with Gasteiger partial charge in [0.25, 0.3) is 0 Å². The molecule has 0 aliphatic heterocycles. The number of benzene rings is 2. The summed E-state index contributed by atoms with van der Waals surface area (Å²) in [6, 6.07) is 21.4. The van der Waals surface area contributed by atoms with Gasteiger partial charge in [-0.2, -0.15) is 0 Å². The quantitative estimate of drug-likeness (QED) is 0.772. The number of nitrogens with zero attached hydrogens (tertiary/aromatic N) is 1. The summed E-state index contributed by atoms with van der Waals surface area (Å²) in [7, 11) is 1.75. The molecule has 0 fully saturated rings. The first-order valence-corrected chi connectivity index (χ1v) is 8.25. The standard InChI is InChI=1S/C20H28N2O/c1-17(16-23-2)20(13-21)22(14-18-9-5-3-6-10-18)15-19-11-7-4-8-12-19/h3-12,17,20H,13-16,21H2,1-2H3. The zero-order valence-electron chi connectivity index (χ0n) is 14.2. The van der Waals surface area contributed by atoms with E-state index in [4.69, 9.17) is 10.5 Å². The van der Waals surface area contributed by atoms with Gasteiger partial charge in [-0.15, -0.1) is 0 Å². The number of hydrogen-bond donors (Lipinski definition) is 1. The molecule has 2 atom stereocenters. The normalized spacial score (nSPS) is 13.9. The monoisotopic (exact) mass is 312 g/mol. The molecule has 0 saturated heterocycles. The third kappa shape index (κ3) is 5.47. The molecule has 0 saturated carbocycles. The highest BCUT2D eigenvalue weighted by Crippen LogP contribution is 2.18. The molecule has 23 heavy (non-hydrogen) atoms. The minimum absolute atomic E-state index is 0.287. The molecule has 0 spiro atoms. The minimum Gasteiger partial charge on any atom is -0.384 e. The maximum Gasteiger partial charge on any atom is 0.0503 e. The Morgan fingerprint density at radius 2 is 1.39 bits per heavy atom. The lowest BCUT2D eigenvalue weighted by atomic mass is 9.99. The molecule has 0 bridgehead atoms. The van der Waals surface area contributed by atoms with Crippen LogP contribution >= 0.6 is 0 Å². The van der Waals surface area contributed by atoms with E-state index in [0.717, 1.165) is 19.7 Å². The van der Waals surface area contributed by atoms with Crippen molar-refractivity contribution in [2.75, 3.05) is 20.3 Å². The Kier molecular flexibility index (Phi) is 7.27. The summed E-state index contributed by atoms with van der Waals surface area (Å²) in [5.74, 6) is 0.387. The van der Waals surface area contributed by atoms with Crippen LogP contribution in [0.15, 0.2) is 60.7 Å². The smallest absolute Gasteiger partial charge is 0.0503 e. The number of nitrogens with two attached hydrogens (primary N) is 1. The molecular weight excluding hydrogens is 284 g/mol. The summed E-state index contributed by atoms with van der Waals surface area (Å²) in [4.78, 5) is 2.47. The fraction of sp³-hybridized carbons (Fsp3) is 0.400. The van der Waals surface area contributed by atoms with Crippen LogP contribution in [0.1, 0.15) is 18.1 Å². The molecule has 3 heteroatoms. The summed E-state index contributed by atoms with van der Waals surface area (Å²) in [6.07, 6.45) is 0. The van der Waals surface area contributed by atoms with Crippen molar-refractivity contribution in [2.45, 2.75) is 26.1 Å². The molecule has 2 aromatic carbocycles. The first-order valence-electron chi connectivity index (χ1n) is 8.25. The Bertz CT molecular complexity index is 503. The SMILES string of the molecule is COCC(C)C(CN)N(Cc1ccccc1)Cc1ccccc1. The lowest BCUT2D eigenvalue weighted by Crippen LogP contribution is -2.45. The summed E-state index contributed by atoms with van der Waals surface area (Å²) in [5, 5.41) is 0. The van der Waals surface area contributed by atoms with E-state index < -0.39 is 0 Å². The summed E-state index contributed by atoms with van der Waals surface area (Å²) >= 11 is 0. The van der Waals surface area contributed by atoms with Crippen LogP contribution in [0.5, 0.6) is 0 Å². The van der Waals surface area contributed by atoms with Crippen LogP contribution in [0.3, 0.4) is 0 Å². The van der Waals surface area contributed by atoms with Crippen LogP contribution in [0.2, 0.25) is 0 Å². The molecule has 0 radical (unpaired) electrons. The van der Waals surface area contributed by atoms with Gasteiger partial charge in [0, 0.05) is 32.8 Å². The largest absolute Gasteiger partial charge is 0.384 e. The number of methoxy groups -OCH3 is 1. The van der Waals surface area contributed by atoms with Crippen LogP contribution in [-0.2, 0) is 17.8 Å². The van der Waals surface area contributed by atoms with E-state index in [2.05, 4.69) is 72.5 Å². The van der Waals surface area contributed by atoms with Gasteiger partial charge in [0.15, 0.2) is 0 Å². The number of ether oxygens (including phenoxy) is 1. The molecule has 2 N–H and O–H groups in total. The highest BCUT2D eigenvalue weighted by Gasteiger charge is 2.23. The van der Waals surface area contributed by atoms with Gasteiger partial charge in [0.2, 0.25) is 0 Å². The fourth-order valence-electron chi connectivity index (χ4n) is 3.04. The average Bonchev–Trinajstić information content (AvgIpc) is 2.57. The maximum atomic E-state index is 6.11. The predicted molar refractivity (Wildman–Crippen MR) is 96.0 cm³/mol. The van der Waals surface area contributed by atoms with Crippen LogP contribution in [0, 0.1) is 5.92 Å². The van der Waals surface area contributed by atoms with Gasteiger partial charge in [-0.1, -0.05) is 67.6 Å². The van der Waals surface area contributed by atoms with Crippen molar-refractivity contribution < 1.29 is 4.74 Å². The second kappa shape index (κ2) is 9.46. The number of rotatable bonds is 9. The predicted octanol–water partition coefficient (Wildman–Crippen LogP) is 3.30. The van der Waals surface area contributed by atoms with E-state index >= 15 is 0 Å². The topological polar surface area (TPSA) is 38.5 Å². The van der Waals surface area contributed by atoms with Crippen molar-refractivity contribution in [1.29, 1.82) is 0 Å². The van der Waals surface area contributed by atoms with Crippen molar-refractivity contribution in [3.05, 3.63) is 71.8 Å². The lowest BCUT2D eigenvalue weighted by molar-refractivity contribution is 0.0760. The van der Waals surface area contributed by atoms with Crippen molar-refractivity contribution in [1.82, 2.24) is 4.90 Å². The molecule has 0 aromatic heterocycles. The number of hydrogen-bond acceptors (Lipinski definition) is 3. The maximum absolute atomic E-state index is 6.11. The fourth-order valence-corrected chi connectivity index (χ4v) is 3.04. The Balaban J connectivity index is 2.18. The van der Waals surface area contributed by atoms with Crippen molar-refractivity contribution in [2.24, 2.45) is 11.7 Å². The molecule has 2 aromatic rings. The second-order valence-corrected chi connectivity index (χ2v) is 6.11. The van der Waals surface area contributed by atoms with E-state index in [1.807, 2.05) is 0 Å². The Hall–Kier alpha value is -1.68. The van der Waals surface area contributed by atoms with Crippen LogP contribution in [0.4, 0.5) is 0 Å². The van der Waals surface area contributed by atoms with E-state index in [9.17, 15) is 0 Å². The molecule has 3 nitrogen and oxygen atoms in total. The van der Waals surface area contributed by atoms with Gasteiger partial charge in [-0.3, -0.25) is 4.90 Å². The summed E-state index contributed by atoms with van der Waals surface area (Å²) in [5.41, 5.74) is 8.74. The van der Waals surface area contributed by atoms with Crippen LogP contribution in [-0.4, -0.2) is 31.2 Å². The minimum atomic E-state index is 0.287. The Morgan fingerprint density at radius 1 is 0.913 bits per heavy atom. The molecule has 0 heterocycles. The van der Waals surface area contributed by atoms with E-state index in [-0.39, 0.29) is 6.04 Å². The third-order valence-corrected chi connectivity index (χ3v) is 4.25. The highest BCUT2D eigenvalue weighted by atomic mass is 16.5. The lowest BCUT2D eigenvalue weighted by Gasteiger charge is -2.35. The molecule has 124 valence electrons. The van der Waals surface area contributed by atoms with Crippen LogP contribution in [0.25, 0.3) is 0 Å². The zero-order valence-corrected chi connectivity index (χ0v) is 14.2. The zero-order chi connectivity index (χ0) is 16.5.